The number of hydrogen-bond donors (Lipinski definition) is 1. The molecule has 2 rings (SSSR count). The summed E-state index contributed by atoms with van der Waals surface area (Å²) in [5.41, 5.74) is 0.618. The Balaban J connectivity index is 2.23. The van der Waals surface area contributed by atoms with E-state index in [2.05, 4.69) is 0 Å². The molecule has 1 aromatic carbocycles. The van der Waals surface area contributed by atoms with Crippen LogP contribution in [0, 0.1) is 0 Å². The fourth-order valence-corrected chi connectivity index (χ4v) is 3.28. The van der Waals surface area contributed by atoms with Crippen LogP contribution >= 0.6 is 11.8 Å². The van der Waals surface area contributed by atoms with E-state index in [1.807, 2.05) is 12.1 Å². The van der Waals surface area contributed by atoms with Crippen LogP contribution in [-0.4, -0.2) is 60.3 Å². The predicted octanol–water partition coefficient (Wildman–Crippen LogP) is 1.75. The van der Waals surface area contributed by atoms with Crippen molar-refractivity contribution in [1.29, 1.82) is 0 Å². The van der Waals surface area contributed by atoms with E-state index in [0.29, 0.717) is 23.7 Å². The number of para-hydroxylation sites is 2. The average Bonchev–Trinajstić information content (AvgIpc) is 2.53. The maximum atomic E-state index is 12.6. The Labute approximate surface area is 127 Å². The maximum Gasteiger partial charge on any atom is 0.327 e. The number of aliphatic carboxylic acids is 1. The Hall–Kier alpha value is -1.89. The first-order valence-corrected chi connectivity index (χ1v) is 7.69. The van der Waals surface area contributed by atoms with Gasteiger partial charge in [0.25, 0.3) is 0 Å². The van der Waals surface area contributed by atoms with Crippen LogP contribution in [0.3, 0.4) is 0 Å². The highest BCUT2D eigenvalue weighted by molar-refractivity contribution is 7.99. The van der Waals surface area contributed by atoms with Gasteiger partial charge in [0.15, 0.2) is 0 Å². The number of carbonyl (C=O) groups excluding carboxylic acids is 1. The van der Waals surface area contributed by atoms with Crippen LogP contribution in [0.5, 0.6) is 5.75 Å². The molecule has 21 heavy (non-hydrogen) atoms. The highest BCUT2D eigenvalue weighted by Gasteiger charge is 2.34. The minimum atomic E-state index is -0.969. The van der Waals surface area contributed by atoms with Crippen molar-refractivity contribution < 1.29 is 19.4 Å². The van der Waals surface area contributed by atoms with Crippen LogP contribution < -0.4 is 9.64 Å². The van der Waals surface area contributed by atoms with Gasteiger partial charge in [0.05, 0.1) is 12.8 Å². The minimum Gasteiger partial charge on any atom is -0.495 e. The Morgan fingerprint density at radius 3 is 2.81 bits per heavy atom. The van der Waals surface area contributed by atoms with E-state index >= 15 is 0 Å². The molecule has 0 bridgehead atoms. The molecular weight excluding hydrogens is 292 g/mol. The standard InChI is InChI=1S/C14H18N2O4S/c1-15(10-5-3-4-6-12(10)20-2)14(19)16-7-8-21-9-11(16)13(17)18/h3-6,11H,7-9H2,1-2H3,(H,17,18). The van der Waals surface area contributed by atoms with E-state index in [-0.39, 0.29) is 6.03 Å². The molecule has 1 saturated heterocycles. The molecule has 1 unspecified atom stereocenters. The number of rotatable bonds is 3. The third-order valence-electron chi connectivity index (χ3n) is 3.39. The van der Waals surface area contributed by atoms with Crippen molar-refractivity contribution in [3.05, 3.63) is 24.3 Å². The zero-order valence-electron chi connectivity index (χ0n) is 12.0. The van der Waals surface area contributed by atoms with Crippen molar-refractivity contribution in [3.8, 4) is 5.75 Å². The number of nitrogens with zero attached hydrogens (tertiary/aromatic N) is 2. The fraction of sp³-hybridized carbons (Fsp3) is 0.429. The lowest BCUT2D eigenvalue weighted by atomic mass is 10.2. The van der Waals surface area contributed by atoms with E-state index in [9.17, 15) is 14.7 Å². The second-order valence-electron chi connectivity index (χ2n) is 4.64. The van der Waals surface area contributed by atoms with Crippen LogP contribution in [0.1, 0.15) is 0 Å². The number of carboxylic acid groups (broad SMARTS) is 1. The molecule has 1 aliphatic rings. The third-order valence-corrected chi connectivity index (χ3v) is 4.42. The average molecular weight is 310 g/mol. The van der Waals surface area contributed by atoms with E-state index in [1.165, 1.54) is 16.9 Å². The quantitative estimate of drug-likeness (QED) is 0.921. The first-order chi connectivity index (χ1) is 10.1. The predicted molar refractivity (Wildman–Crippen MR) is 82.2 cm³/mol. The number of benzene rings is 1. The highest BCUT2D eigenvalue weighted by atomic mass is 32.2. The third kappa shape index (κ3) is 3.24. The van der Waals surface area contributed by atoms with Gasteiger partial charge in [0.2, 0.25) is 0 Å². The largest absolute Gasteiger partial charge is 0.495 e. The molecule has 1 aliphatic heterocycles. The summed E-state index contributed by atoms with van der Waals surface area (Å²) in [4.78, 5) is 26.7. The summed E-state index contributed by atoms with van der Waals surface area (Å²) in [7, 11) is 3.16. The summed E-state index contributed by atoms with van der Waals surface area (Å²) in [5, 5.41) is 9.26. The van der Waals surface area contributed by atoms with Crippen molar-refractivity contribution in [1.82, 2.24) is 4.90 Å². The van der Waals surface area contributed by atoms with Gasteiger partial charge < -0.3 is 14.7 Å². The molecule has 7 heteroatoms. The maximum absolute atomic E-state index is 12.6. The monoisotopic (exact) mass is 310 g/mol. The van der Waals surface area contributed by atoms with Gasteiger partial charge >= 0.3 is 12.0 Å². The van der Waals surface area contributed by atoms with Crippen LogP contribution in [0.25, 0.3) is 0 Å². The molecule has 0 saturated carbocycles. The van der Waals surface area contributed by atoms with Crippen molar-refractivity contribution in [2.24, 2.45) is 0 Å². The second kappa shape index (κ2) is 6.71. The van der Waals surface area contributed by atoms with Gasteiger partial charge in [-0.3, -0.25) is 4.90 Å². The first-order valence-electron chi connectivity index (χ1n) is 6.54. The molecule has 1 fully saturated rings. The lowest BCUT2D eigenvalue weighted by Crippen LogP contribution is -2.54. The van der Waals surface area contributed by atoms with Crippen molar-refractivity contribution in [2.45, 2.75) is 6.04 Å². The summed E-state index contributed by atoms with van der Waals surface area (Å²) in [5.74, 6) is 0.770. The van der Waals surface area contributed by atoms with Gasteiger partial charge in [0.1, 0.15) is 11.8 Å². The number of urea groups is 1. The topological polar surface area (TPSA) is 70.1 Å². The Morgan fingerprint density at radius 2 is 2.14 bits per heavy atom. The van der Waals surface area contributed by atoms with Gasteiger partial charge in [-0.1, -0.05) is 12.1 Å². The molecular formula is C14H18N2O4S. The lowest BCUT2D eigenvalue weighted by Gasteiger charge is -2.35. The molecule has 0 spiro atoms. The molecule has 114 valence electrons. The van der Waals surface area contributed by atoms with Crippen LogP contribution in [0.4, 0.5) is 10.5 Å². The van der Waals surface area contributed by atoms with Crippen LogP contribution in [0.15, 0.2) is 24.3 Å². The number of carboxylic acids is 1. The zero-order valence-corrected chi connectivity index (χ0v) is 12.8. The first kappa shape index (κ1) is 15.5. The summed E-state index contributed by atoms with van der Waals surface area (Å²) < 4.78 is 5.25. The second-order valence-corrected chi connectivity index (χ2v) is 5.79. The number of carbonyl (C=O) groups is 2. The molecule has 2 amide bonds. The van der Waals surface area contributed by atoms with Crippen LogP contribution in [0.2, 0.25) is 0 Å². The minimum absolute atomic E-state index is 0.327. The van der Waals surface area contributed by atoms with Gasteiger partial charge in [0, 0.05) is 25.1 Å². The van der Waals surface area contributed by atoms with E-state index in [4.69, 9.17) is 4.74 Å². The Kier molecular flexibility index (Phi) is 4.95. The van der Waals surface area contributed by atoms with Gasteiger partial charge in [-0.05, 0) is 12.1 Å². The number of ether oxygens (including phenoxy) is 1. The molecule has 0 aromatic heterocycles. The van der Waals surface area contributed by atoms with Gasteiger partial charge in [-0.25, -0.2) is 9.59 Å². The molecule has 1 aromatic rings. The van der Waals surface area contributed by atoms with E-state index in [1.54, 1.807) is 30.9 Å². The van der Waals surface area contributed by atoms with Crippen LogP contribution in [-0.2, 0) is 4.79 Å². The van der Waals surface area contributed by atoms with E-state index in [0.717, 1.165) is 5.75 Å². The lowest BCUT2D eigenvalue weighted by molar-refractivity contribution is -0.141. The van der Waals surface area contributed by atoms with Gasteiger partial charge in [-0.2, -0.15) is 11.8 Å². The number of thioether (sulfide) groups is 1. The fourth-order valence-electron chi connectivity index (χ4n) is 2.24. The Bertz CT molecular complexity index is 537. The van der Waals surface area contributed by atoms with E-state index < -0.39 is 12.0 Å². The molecule has 0 radical (unpaired) electrons. The molecule has 0 aliphatic carbocycles. The normalized spacial score (nSPS) is 18.2. The number of anilines is 1. The van der Waals surface area contributed by atoms with Crippen molar-refractivity contribution >= 4 is 29.4 Å². The molecule has 1 atom stereocenters. The Morgan fingerprint density at radius 1 is 1.43 bits per heavy atom. The smallest absolute Gasteiger partial charge is 0.327 e. The highest BCUT2D eigenvalue weighted by Crippen LogP contribution is 2.28. The number of hydrogen-bond acceptors (Lipinski definition) is 4. The summed E-state index contributed by atoms with van der Waals surface area (Å²) in [6.07, 6.45) is 0. The van der Waals surface area contributed by atoms with Crippen molar-refractivity contribution in [3.63, 3.8) is 0 Å². The number of methoxy groups -OCH3 is 1. The van der Waals surface area contributed by atoms with Crippen molar-refractivity contribution in [2.75, 3.05) is 37.1 Å². The molecule has 1 heterocycles. The van der Waals surface area contributed by atoms with Gasteiger partial charge in [-0.15, -0.1) is 0 Å². The SMILES string of the molecule is COc1ccccc1N(C)C(=O)N1CCSCC1C(=O)O. The summed E-state index contributed by atoms with van der Waals surface area (Å²) >= 11 is 1.55. The molecule has 1 N–H and O–H groups in total. The summed E-state index contributed by atoms with van der Waals surface area (Å²) in [6, 6.07) is 6.05. The number of amides is 2. The summed E-state index contributed by atoms with van der Waals surface area (Å²) in [6.45, 7) is 0.431. The molecule has 6 nitrogen and oxygen atoms in total. The zero-order chi connectivity index (χ0) is 15.4.